The van der Waals surface area contributed by atoms with Crippen LogP contribution in [0.1, 0.15) is 48.6 Å². The van der Waals surface area contributed by atoms with E-state index in [1.807, 2.05) is 47.0 Å². The maximum absolute atomic E-state index is 13.1. The van der Waals surface area contributed by atoms with Crippen LogP contribution < -0.4 is 15.4 Å². The standard InChI is InChI=1S/C29H37N7O6S/c1-29(2,30)27(37)31-23(19-41-17-20-9-5-4-6-10-20)26-33-32-25-16-34(13-14-35(25)26)28(38)42-18-21-15-36(43(3,39)40)24-12-8-7-11-22(21)24/h4-12,21,23H,13-19,30H2,1-3H3,(H,31,37)/t21?,23-/m1/s1. The second-order valence-corrected chi connectivity index (χ2v) is 13.3. The van der Waals surface area contributed by atoms with E-state index in [1.165, 1.54) is 15.5 Å². The van der Waals surface area contributed by atoms with Crippen molar-refractivity contribution in [1.29, 1.82) is 0 Å². The van der Waals surface area contributed by atoms with Gasteiger partial charge in [-0.2, -0.15) is 0 Å². The Morgan fingerprint density at radius 3 is 2.53 bits per heavy atom. The number of aromatic nitrogens is 3. The number of ether oxygens (including phenoxy) is 2. The number of sulfonamides is 1. The molecule has 2 amide bonds. The number of rotatable bonds is 10. The molecule has 3 heterocycles. The van der Waals surface area contributed by atoms with Crippen molar-refractivity contribution in [2.45, 2.75) is 51.0 Å². The summed E-state index contributed by atoms with van der Waals surface area (Å²) >= 11 is 0. The zero-order chi connectivity index (χ0) is 30.8. The highest BCUT2D eigenvalue weighted by atomic mass is 32.2. The van der Waals surface area contributed by atoms with E-state index < -0.39 is 27.7 Å². The number of nitrogens with two attached hydrogens (primary N) is 1. The second-order valence-electron chi connectivity index (χ2n) is 11.4. The van der Waals surface area contributed by atoms with Crippen molar-refractivity contribution in [2.24, 2.45) is 5.73 Å². The molecule has 1 aromatic heterocycles. The molecular weight excluding hydrogens is 574 g/mol. The molecule has 0 bridgehead atoms. The predicted octanol–water partition coefficient (Wildman–Crippen LogP) is 1.91. The zero-order valence-corrected chi connectivity index (χ0v) is 25.3. The number of benzene rings is 2. The van der Waals surface area contributed by atoms with Crippen molar-refractivity contribution in [1.82, 2.24) is 25.0 Å². The van der Waals surface area contributed by atoms with Crippen LogP contribution in [0.2, 0.25) is 0 Å². The summed E-state index contributed by atoms with van der Waals surface area (Å²) in [5.74, 6) is 0.420. The van der Waals surface area contributed by atoms with Gasteiger partial charge in [0.2, 0.25) is 15.9 Å². The zero-order valence-electron chi connectivity index (χ0n) is 24.5. The molecule has 3 aromatic rings. The molecule has 43 heavy (non-hydrogen) atoms. The van der Waals surface area contributed by atoms with E-state index in [0.29, 0.717) is 37.0 Å². The topological polar surface area (TPSA) is 162 Å². The summed E-state index contributed by atoms with van der Waals surface area (Å²) in [4.78, 5) is 27.4. The summed E-state index contributed by atoms with van der Waals surface area (Å²) in [5, 5.41) is 11.6. The molecule has 230 valence electrons. The van der Waals surface area contributed by atoms with Crippen LogP contribution in [0.4, 0.5) is 10.5 Å². The van der Waals surface area contributed by atoms with Crippen LogP contribution in [0, 0.1) is 0 Å². The van der Waals surface area contributed by atoms with Crippen molar-refractivity contribution < 1.29 is 27.5 Å². The summed E-state index contributed by atoms with van der Waals surface area (Å²) in [6.07, 6.45) is 0.644. The summed E-state index contributed by atoms with van der Waals surface area (Å²) in [7, 11) is -3.46. The Morgan fingerprint density at radius 2 is 1.81 bits per heavy atom. The number of carbonyl (C=O) groups excluding carboxylic acids is 2. The Kier molecular flexibility index (Phi) is 8.71. The van der Waals surface area contributed by atoms with Crippen LogP contribution in [0.15, 0.2) is 54.6 Å². The van der Waals surface area contributed by atoms with Gasteiger partial charge in [0, 0.05) is 25.6 Å². The number of nitrogens with zero attached hydrogens (tertiary/aromatic N) is 5. The molecule has 0 radical (unpaired) electrons. The number of hydrogen-bond acceptors (Lipinski definition) is 9. The largest absolute Gasteiger partial charge is 0.449 e. The van der Waals surface area contributed by atoms with E-state index in [2.05, 4.69) is 15.5 Å². The average Bonchev–Trinajstić information content (AvgIpc) is 3.57. The Balaban J connectivity index is 1.23. The Bertz CT molecular complexity index is 1570. The van der Waals surface area contributed by atoms with Gasteiger partial charge in [-0.15, -0.1) is 10.2 Å². The number of carbonyl (C=O) groups is 2. The van der Waals surface area contributed by atoms with Gasteiger partial charge in [0.05, 0.1) is 37.2 Å². The third-order valence-corrected chi connectivity index (χ3v) is 8.62. The lowest BCUT2D eigenvalue weighted by molar-refractivity contribution is -0.126. The van der Waals surface area contributed by atoms with Gasteiger partial charge in [0.1, 0.15) is 12.6 Å². The summed E-state index contributed by atoms with van der Waals surface area (Å²) in [6, 6.07) is 16.3. The third-order valence-electron chi connectivity index (χ3n) is 7.48. The molecule has 3 N–H and O–H groups in total. The number of para-hydroxylation sites is 1. The van der Waals surface area contributed by atoms with Gasteiger partial charge in [-0.1, -0.05) is 48.5 Å². The van der Waals surface area contributed by atoms with Crippen LogP contribution >= 0.6 is 0 Å². The van der Waals surface area contributed by atoms with E-state index in [4.69, 9.17) is 15.2 Å². The van der Waals surface area contributed by atoms with E-state index in [0.717, 1.165) is 11.1 Å². The first-order chi connectivity index (χ1) is 20.4. The number of hydrogen-bond donors (Lipinski definition) is 2. The normalized spacial score (nSPS) is 17.3. The van der Waals surface area contributed by atoms with Gasteiger partial charge < -0.3 is 25.1 Å². The Hall–Kier alpha value is -4.01. The van der Waals surface area contributed by atoms with Crippen LogP contribution in [-0.4, -0.2) is 78.2 Å². The van der Waals surface area contributed by atoms with E-state index in [9.17, 15) is 18.0 Å². The van der Waals surface area contributed by atoms with Gasteiger partial charge in [-0.3, -0.25) is 14.0 Å². The van der Waals surface area contributed by atoms with E-state index >= 15 is 0 Å². The fourth-order valence-corrected chi connectivity index (χ4v) is 6.14. The minimum Gasteiger partial charge on any atom is -0.449 e. The maximum atomic E-state index is 13.1. The molecule has 0 spiro atoms. The second kappa shape index (κ2) is 12.3. The minimum atomic E-state index is -3.46. The molecule has 1 unspecified atom stereocenters. The average molecular weight is 612 g/mol. The molecular formula is C29H37N7O6S. The SMILES string of the molecule is CC(C)(N)C(=O)N[C@H](COCc1ccccc1)c1nnc2n1CCN(C(=O)OCC1CN(S(C)(=O)=O)c3ccccc31)C2. The van der Waals surface area contributed by atoms with E-state index in [-0.39, 0.29) is 38.1 Å². The molecule has 2 aromatic carbocycles. The lowest BCUT2D eigenvalue weighted by atomic mass is 10.0. The van der Waals surface area contributed by atoms with Crippen molar-refractivity contribution >= 4 is 27.7 Å². The molecule has 0 fully saturated rings. The van der Waals surface area contributed by atoms with Crippen molar-refractivity contribution in [2.75, 3.05) is 36.9 Å². The summed E-state index contributed by atoms with van der Waals surface area (Å²) in [5.41, 5.74) is 7.35. The van der Waals surface area contributed by atoms with Gasteiger partial charge in [-0.25, -0.2) is 13.2 Å². The molecule has 5 rings (SSSR count). The summed E-state index contributed by atoms with van der Waals surface area (Å²) < 4.78 is 39.4. The maximum Gasteiger partial charge on any atom is 0.410 e. The summed E-state index contributed by atoms with van der Waals surface area (Å²) in [6.45, 7) is 4.88. The molecule has 14 heteroatoms. The molecule has 0 saturated heterocycles. The van der Waals surface area contributed by atoms with Crippen LogP contribution in [-0.2, 0) is 44.0 Å². The number of amides is 2. The van der Waals surface area contributed by atoms with Gasteiger partial charge in [-0.05, 0) is 31.0 Å². The van der Waals surface area contributed by atoms with Crippen molar-refractivity contribution in [3.8, 4) is 0 Å². The monoisotopic (exact) mass is 611 g/mol. The highest BCUT2D eigenvalue weighted by molar-refractivity contribution is 7.92. The molecule has 13 nitrogen and oxygen atoms in total. The van der Waals surface area contributed by atoms with Crippen LogP contribution in [0.25, 0.3) is 0 Å². The van der Waals surface area contributed by atoms with Gasteiger partial charge in [0.15, 0.2) is 11.6 Å². The molecule has 2 aliphatic heterocycles. The Morgan fingerprint density at radius 1 is 1.09 bits per heavy atom. The minimum absolute atomic E-state index is 0.0397. The number of fused-ring (bicyclic) bond motifs is 2. The Labute approximate surface area is 251 Å². The van der Waals surface area contributed by atoms with Crippen LogP contribution in [0.3, 0.4) is 0 Å². The molecule has 2 aliphatic rings. The molecule has 0 aliphatic carbocycles. The van der Waals surface area contributed by atoms with Crippen LogP contribution in [0.5, 0.6) is 0 Å². The third kappa shape index (κ3) is 6.98. The van der Waals surface area contributed by atoms with Crippen molar-refractivity contribution in [3.05, 3.63) is 77.4 Å². The van der Waals surface area contributed by atoms with Gasteiger partial charge in [0.25, 0.3) is 0 Å². The van der Waals surface area contributed by atoms with E-state index in [1.54, 1.807) is 26.0 Å². The first-order valence-corrected chi connectivity index (χ1v) is 15.9. The fraction of sp³-hybridized carbons (Fsp3) is 0.448. The molecule has 2 atom stereocenters. The molecule has 0 saturated carbocycles. The first kappa shape index (κ1) is 30.4. The van der Waals surface area contributed by atoms with Crippen molar-refractivity contribution in [3.63, 3.8) is 0 Å². The number of nitrogens with one attached hydrogen (secondary N) is 1. The smallest absolute Gasteiger partial charge is 0.410 e. The number of anilines is 1. The predicted molar refractivity (Wildman–Crippen MR) is 158 cm³/mol. The lowest BCUT2D eigenvalue weighted by Crippen LogP contribution is -2.51. The quantitative estimate of drug-likeness (QED) is 0.349. The highest BCUT2D eigenvalue weighted by Gasteiger charge is 2.35. The highest BCUT2D eigenvalue weighted by Crippen LogP contribution is 2.37. The fourth-order valence-electron chi connectivity index (χ4n) is 5.16. The van der Waals surface area contributed by atoms with Gasteiger partial charge >= 0.3 is 6.09 Å². The lowest BCUT2D eigenvalue weighted by Gasteiger charge is -2.29. The first-order valence-electron chi connectivity index (χ1n) is 14.0.